The van der Waals surface area contributed by atoms with Gasteiger partial charge >= 0.3 is 0 Å². The van der Waals surface area contributed by atoms with Crippen LogP contribution in [0, 0.1) is 17.7 Å². The quantitative estimate of drug-likeness (QED) is 0.854. The molecule has 0 spiro atoms. The van der Waals surface area contributed by atoms with Crippen molar-refractivity contribution in [1.82, 2.24) is 5.32 Å². The average molecular weight is 323 g/mol. The number of halogens is 2. The molecule has 0 fully saturated rings. The molecule has 21 heavy (non-hydrogen) atoms. The number of amides is 1. The third-order valence-electron chi connectivity index (χ3n) is 2.61. The molecule has 0 aliphatic rings. The van der Waals surface area contributed by atoms with Gasteiger partial charge in [-0.1, -0.05) is 29.5 Å². The number of benzene rings is 1. The second-order valence-electron chi connectivity index (χ2n) is 4.09. The molecule has 0 aliphatic carbocycles. The lowest BCUT2D eigenvalue weighted by molar-refractivity contribution is 0.0951. The van der Waals surface area contributed by atoms with Gasteiger partial charge < -0.3 is 11.1 Å². The monoisotopic (exact) mass is 322 g/mol. The van der Waals surface area contributed by atoms with Crippen LogP contribution in [0.3, 0.4) is 0 Å². The number of nitrogens with one attached hydrogen (secondary N) is 1. The van der Waals surface area contributed by atoms with Crippen LogP contribution in [-0.4, -0.2) is 12.5 Å². The zero-order valence-corrected chi connectivity index (χ0v) is 12.5. The van der Waals surface area contributed by atoms with E-state index in [0.717, 1.165) is 10.4 Å². The zero-order valence-electron chi connectivity index (χ0n) is 11.0. The maximum Gasteiger partial charge on any atom is 0.253 e. The van der Waals surface area contributed by atoms with Gasteiger partial charge in [0.25, 0.3) is 5.91 Å². The van der Waals surface area contributed by atoms with Crippen molar-refractivity contribution in [2.75, 3.05) is 6.54 Å². The maximum absolute atomic E-state index is 13.3. The van der Waals surface area contributed by atoms with Crippen molar-refractivity contribution < 1.29 is 9.18 Å². The van der Waals surface area contributed by atoms with Crippen molar-refractivity contribution in [3.05, 3.63) is 56.5 Å². The van der Waals surface area contributed by atoms with Crippen LogP contribution in [0.4, 0.5) is 4.39 Å². The normalized spacial score (nSPS) is 9.86. The minimum Gasteiger partial charge on any atom is -0.347 e. The number of thiophene rings is 1. The number of carbonyl (C=O) groups excluding carboxylic acids is 1. The predicted molar refractivity (Wildman–Crippen MR) is 82.8 cm³/mol. The van der Waals surface area contributed by atoms with Gasteiger partial charge in [-0.25, -0.2) is 4.39 Å². The summed E-state index contributed by atoms with van der Waals surface area (Å²) in [7, 11) is 0. The van der Waals surface area contributed by atoms with Gasteiger partial charge in [-0.3, -0.25) is 4.79 Å². The van der Waals surface area contributed by atoms with Crippen molar-refractivity contribution in [2.24, 2.45) is 5.73 Å². The fourth-order valence-electron chi connectivity index (χ4n) is 1.63. The van der Waals surface area contributed by atoms with E-state index >= 15 is 0 Å². The number of hydrogen-bond acceptors (Lipinski definition) is 3. The molecule has 0 unspecified atom stereocenters. The van der Waals surface area contributed by atoms with E-state index in [1.165, 1.54) is 29.5 Å². The summed E-state index contributed by atoms with van der Waals surface area (Å²) in [5.41, 5.74) is 6.28. The van der Waals surface area contributed by atoms with Gasteiger partial charge in [-0.05, 0) is 18.2 Å². The molecular formula is C15H12ClFN2OS. The number of rotatable bonds is 3. The van der Waals surface area contributed by atoms with Gasteiger partial charge in [0.05, 0.1) is 23.7 Å². The van der Waals surface area contributed by atoms with Crippen molar-refractivity contribution in [3.63, 3.8) is 0 Å². The predicted octanol–water partition coefficient (Wildman–Crippen LogP) is 2.78. The standard InChI is InChI=1S/C15H12ClFN2OS/c16-14-12(4-1-5-13(14)17)15(20)19-8-11-7-10(9-21-11)3-2-6-18/h1,4-5,7,9H,6,8,18H2,(H,19,20). The van der Waals surface area contributed by atoms with E-state index < -0.39 is 11.7 Å². The molecule has 3 nitrogen and oxygen atoms in total. The molecule has 1 aromatic heterocycles. The lowest BCUT2D eigenvalue weighted by Crippen LogP contribution is -2.22. The summed E-state index contributed by atoms with van der Waals surface area (Å²) in [6, 6.07) is 6.01. The lowest BCUT2D eigenvalue weighted by atomic mass is 10.2. The topological polar surface area (TPSA) is 55.1 Å². The van der Waals surface area contributed by atoms with Gasteiger partial charge in [0.15, 0.2) is 0 Å². The molecule has 108 valence electrons. The Hall–Kier alpha value is -1.87. The van der Waals surface area contributed by atoms with Crippen molar-refractivity contribution in [2.45, 2.75) is 6.54 Å². The highest BCUT2D eigenvalue weighted by molar-refractivity contribution is 7.10. The van der Waals surface area contributed by atoms with E-state index in [1.54, 1.807) is 0 Å². The summed E-state index contributed by atoms with van der Waals surface area (Å²) in [6.45, 7) is 0.640. The first-order valence-corrected chi connectivity index (χ1v) is 7.36. The van der Waals surface area contributed by atoms with Gasteiger partial charge in [0, 0.05) is 15.8 Å². The molecule has 1 amide bonds. The number of carbonyl (C=O) groups is 1. The summed E-state index contributed by atoms with van der Waals surface area (Å²) >= 11 is 7.25. The van der Waals surface area contributed by atoms with E-state index in [0.29, 0.717) is 13.1 Å². The largest absolute Gasteiger partial charge is 0.347 e. The Morgan fingerprint density at radius 3 is 3.05 bits per heavy atom. The summed E-state index contributed by atoms with van der Waals surface area (Å²) < 4.78 is 13.3. The lowest BCUT2D eigenvalue weighted by Gasteiger charge is -2.05. The SMILES string of the molecule is NCC#Cc1csc(CNC(=O)c2cccc(F)c2Cl)c1. The number of hydrogen-bond donors (Lipinski definition) is 2. The molecule has 0 aliphatic heterocycles. The number of nitrogens with two attached hydrogens (primary N) is 1. The zero-order chi connectivity index (χ0) is 15.2. The molecule has 6 heteroatoms. The molecular weight excluding hydrogens is 311 g/mol. The molecule has 0 atom stereocenters. The second-order valence-corrected chi connectivity index (χ2v) is 5.47. The van der Waals surface area contributed by atoms with Gasteiger partial charge in [-0.2, -0.15) is 0 Å². The molecule has 0 saturated carbocycles. The van der Waals surface area contributed by atoms with E-state index in [9.17, 15) is 9.18 Å². The Bertz CT molecular complexity index is 718. The van der Waals surface area contributed by atoms with Crippen LogP contribution >= 0.6 is 22.9 Å². The average Bonchev–Trinajstić information content (AvgIpc) is 2.93. The smallest absolute Gasteiger partial charge is 0.253 e. The molecule has 2 aromatic rings. The highest BCUT2D eigenvalue weighted by Gasteiger charge is 2.13. The van der Waals surface area contributed by atoms with Crippen molar-refractivity contribution in [1.29, 1.82) is 0 Å². The molecule has 2 rings (SSSR count). The summed E-state index contributed by atoms with van der Waals surface area (Å²) in [5.74, 6) is 4.65. The van der Waals surface area contributed by atoms with Crippen LogP contribution in [0.15, 0.2) is 29.6 Å². The second kappa shape index (κ2) is 7.23. The Balaban J connectivity index is 2.01. The van der Waals surface area contributed by atoms with Gasteiger partial charge in [0.2, 0.25) is 0 Å². The minimum atomic E-state index is -0.611. The fraction of sp³-hybridized carbons (Fsp3) is 0.133. The van der Waals surface area contributed by atoms with E-state index in [2.05, 4.69) is 17.2 Å². The maximum atomic E-state index is 13.3. The third-order valence-corrected chi connectivity index (χ3v) is 3.93. The van der Waals surface area contributed by atoms with Crippen LogP contribution in [0.25, 0.3) is 0 Å². The van der Waals surface area contributed by atoms with Crippen LogP contribution in [-0.2, 0) is 6.54 Å². The summed E-state index contributed by atoms with van der Waals surface area (Å²) in [6.07, 6.45) is 0. The van der Waals surface area contributed by atoms with Crippen LogP contribution in [0.2, 0.25) is 5.02 Å². The third kappa shape index (κ3) is 4.05. The Morgan fingerprint density at radius 2 is 2.29 bits per heavy atom. The molecule has 1 heterocycles. The van der Waals surface area contributed by atoms with Crippen LogP contribution in [0.1, 0.15) is 20.8 Å². The molecule has 0 radical (unpaired) electrons. The molecule has 1 aromatic carbocycles. The van der Waals surface area contributed by atoms with E-state index in [1.807, 2.05) is 11.4 Å². The van der Waals surface area contributed by atoms with Gasteiger partial charge in [0.1, 0.15) is 5.82 Å². The molecule has 0 bridgehead atoms. The first kappa shape index (κ1) is 15.5. The Morgan fingerprint density at radius 1 is 1.48 bits per heavy atom. The first-order valence-electron chi connectivity index (χ1n) is 6.10. The van der Waals surface area contributed by atoms with Crippen molar-refractivity contribution in [3.8, 4) is 11.8 Å². The van der Waals surface area contributed by atoms with Crippen LogP contribution < -0.4 is 11.1 Å². The van der Waals surface area contributed by atoms with Gasteiger partial charge in [-0.15, -0.1) is 11.3 Å². The fourth-order valence-corrected chi connectivity index (χ4v) is 2.60. The Labute approximate surface area is 130 Å². The minimum absolute atomic E-state index is 0.122. The highest BCUT2D eigenvalue weighted by Crippen LogP contribution is 2.20. The van der Waals surface area contributed by atoms with Crippen LogP contribution in [0.5, 0.6) is 0 Å². The molecule has 0 saturated heterocycles. The Kier molecular flexibility index (Phi) is 5.34. The van der Waals surface area contributed by atoms with Crippen molar-refractivity contribution >= 4 is 28.8 Å². The van der Waals surface area contributed by atoms with E-state index in [-0.39, 0.29) is 10.6 Å². The first-order chi connectivity index (χ1) is 10.1. The van der Waals surface area contributed by atoms with E-state index in [4.69, 9.17) is 17.3 Å². The molecule has 3 N–H and O–H groups in total. The summed E-state index contributed by atoms with van der Waals surface area (Å²) in [5, 5.41) is 4.42. The summed E-state index contributed by atoms with van der Waals surface area (Å²) in [4.78, 5) is 12.9. The highest BCUT2D eigenvalue weighted by atomic mass is 35.5.